The van der Waals surface area contributed by atoms with Crippen LogP contribution in [-0.4, -0.2) is 64.3 Å². The molecule has 1 saturated heterocycles. The van der Waals surface area contributed by atoms with Crippen molar-refractivity contribution in [1.29, 1.82) is 0 Å². The average Bonchev–Trinajstić information content (AvgIpc) is 3.12. The standard InChI is InChI=1S/C25H33N5O5/c1-5-6-23(31)26-16-7-10-21-18(11-16)25(33)30(4)20-9-8-17(35-22(20)14-34-21)12-24(32)27-19-13-29(3)28-15(19)2/h7,10-11,13,17,20,22H,5-6,8-9,12,14H2,1-4H3,(H,26,31)(H,27,32)/t17-,20+,22+/m0/s1. The highest BCUT2D eigenvalue weighted by Gasteiger charge is 2.39. The number of rotatable bonds is 6. The van der Waals surface area contributed by atoms with Gasteiger partial charge in [0.1, 0.15) is 18.5 Å². The number of likely N-dealkylation sites (N-methyl/N-ethyl adjacent to an activating group) is 1. The Bertz CT molecular complexity index is 1110. The van der Waals surface area contributed by atoms with E-state index >= 15 is 0 Å². The van der Waals surface area contributed by atoms with Crippen LogP contribution in [0.4, 0.5) is 11.4 Å². The van der Waals surface area contributed by atoms with Crippen LogP contribution in [-0.2, 0) is 21.4 Å². The van der Waals surface area contributed by atoms with Gasteiger partial charge >= 0.3 is 0 Å². The summed E-state index contributed by atoms with van der Waals surface area (Å²) in [5, 5.41) is 9.98. The number of aromatic nitrogens is 2. The maximum Gasteiger partial charge on any atom is 0.257 e. The van der Waals surface area contributed by atoms with Crippen molar-refractivity contribution in [1.82, 2.24) is 14.7 Å². The molecule has 10 nitrogen and oxygen atoms in total. The fourth-order valence-electron chi connectivity index (χ4n) is 4.69. The number of amides is 3. The zero-order valence-corrected chi connectivity index (χ0v) is 20.7. The molecular weight excluding hydrogens is 450 g/mol. The number of benzene rings is 1. The maximum absolute atomic E-state index is 13.3. The third-order valence-corrected chi connectivity index (χ3v) is 6.47. The van der Waals surface area contributed by atoms with Gasteiger partial charge in [0, 0.05) is 32.4 Å². The average molecular weight is 484 g/mol. The van der Waals surface area contributed by atoms with Crippen LogP contribution in [0.15, 0.2) is 24.4 Å². The van der Waals surface area contributed by atoms with Gasteiger partial charge in [-0.25, -0.2) is 0 Å². The van der Waals surface area contributed by atoms with Crippen LogP contribution in [0.1, 0.15) is 55.1 Å². The predicted molar refractivity (Wildman–Crippen MR) is 130 cm³/mol. The molecule has 0 unspecified atom stereocenters. The molecule has 0 spiro atoms. The normalized spacial score (nSPS) is 21.8. The summed E-state index contributed by atoms with van der Waals surface area (Å²) in [7, 11) is 3.57. The van der Waals surface area contributed by atoms with Gasteiger partial charge in [-0.05, 0) is 44.4 Å². The Hall–Kier alpha value is -3.40. The number of nitrogens with zero attached hydrogens (tertiary/aromatic N) is 3. The third kappa shape index (κ3) is 5.64. The van der Waals surface area contributed by atoms with E-state index < -0.39 is 0 Å². The van der Waals surface area contributed by atoms with Gasteiger partial charge in [-0.15, -0.1) is 0 Å². The van der Waals surface area contributed by atoms with Crippen molar-refractivity contribution in [3.63, 3.8) is 0 Å². The molecule has 0 saturated carbocycles. The van der Waals surface area contributed by atoms with E-state index in [9.17, 15) is 14.4 Å². The zero-order chi connectivity index (χ0) is 25.1. The van der Waals surface area contributed by atoms with E-state index in [0.29, 0.717) is 42.0 Å². The van der Waals surface area contributed by atoms with E-state index in [1.807, 2.05) is 13.8 Å². The third-order valence-electron chi connectivity index (χ3n) is 6.47. The number of anilines is 2. The van der Waals surface area contributed by atoms with Gasteiger partial charge in [0.15, 0.2) is 0 Å². The van der Waals surface area contributed by atoms with E-state index in [2.05, 4.69) is 15.7 Å². The molecule has 1 fully saturated rings. The van der Waals surface area contributed by atoms with Gasteiger partial charge in [-0.1, -0.05) is 6.92 Å². The first-order valence-corrected chi connectivity index (χ1v) is 12.0. The first kappa shape index (κ1) is 24.7. The summed E-state index contributed by atoms with van der Waals surface area (Å²) < 4.78 is 13.9. The summed E-state index contributed by atoms with van der Waals surface area (Å²) in [5.74, 6) is 0.0377. The maximum atomic E-state index is 13.3. The number of ether oxygens (including phenoxy) is 2. The van der Waals surface area contributed by atoms with Crippen LogP contribution in [0.25, 0.3) is 0 Å². The molecule has 2 aliphatic heterocycles. The van der Waals surface area contributed by atoms with Crippen LogP contribution in [0.2, 0.25) is 0 Å². The molecule has 2 aromatic rings. The van der Waals surface area contributed by atoms with Crippen LogP contribution < -0.4 is 15.4 Å². The molecule has 0 aliphatic carbocycles. The van der Waals surface area contributed by atoms with E-state index in [1.165, 1.54) is 0 Å². The number of carbonyl (C=O) groups is 3. The van der Waals surface area contributed by atoms with Crippen LogP contribution in [0.3, 0.4) is 0 Å². The second kappa shape index (κ2) is 10.5. The Morgan fingerprint density at radius 1 is 1.17 bits per heavy atom. The van der Waals surface area contributed by atoms with E-state index in [4.69, 9.17) is 9.47 Å². The van der Waals surface area contributed by atoms with Crippen molar-refractivity contribution in [2.75, 3.05) is 24.3 Å². The number of carbonyl (C=O) groups excluding carboxylic acids is 3. The summed E-state index contributed by atoms with van der Waals surface area (Å²) in [5.41, 5.74) is 2.42. The Morgan fingerprint density at radius 2 is 1.97 bits per heavy atom. The molecule has 1 aromatic carbocycles. The fourth-order valence-corrected chi connectivity index (χ4v) is 4.69. The van der Waals surface area contributed by atoms with E-state index in [0.717, 1.165) is 12.1 Å². The van der Waals surface area contributed by atoms with Crippen molar-refractivity contribution in [2.45, 2.75) is 64.2 Å². The lowest BCUT2D eigenvalue weighted by Crippen LogP contribution is -2.53. The number of nitrogens with one attached hydrogen (secondary N) is 2. The molecule has 3 amide bonds. The quantitative estimate of drug-likeness (QED) is 0.653. The molecule has 3 heterocycles. The lowest BCUT2D eigenvalue weighted by Gasteiger charge is -2.42. The van der Waals surface area contributed by atoms with E-state index in [1.54, 1.807) is 48.1 Å². The molecule has 0 radical (unpaired) electrons. The summed E-state index contributed by atoms with van der Waals surface area (Å²) in [6.45, 7) is 4.04. The topological polar surface area (TPSA) is 115 Å². The molecule has 188 valence electrons. The predicted octanol–water partition coefficient (Wildman–Crippen LogP) is 2.88. The van der Waals surface area contributed by atoms with Gasteiger partial charge in [-0.2, -0.15) is 5.10 Å². The molecule has 0 bridgehead atoms. The fraction of sp³-hybridized carbons (Fsp3) is 0.520. The summed E-state index contributed by atoms with van der Waals surface area (Å²) in [6.07, 6.45) is 3.88. The number of fused-ring (bicyclic) bond motifs is 2. The lowest BCUT2D eigenvalue weighted by molar-refractivity contribution is -0.130. The Morgan fingerprint density at radius 3 is 2.69 bits per heavy atom. The highest BCUT2D eigenvalue weighted by molar-refractivity contribution is 5.99. The van der Waals surface area contributed by atoms with Gasteiger partial charge < -0.3 is 25.0 Å². The van der Waals surface area contributed by atoms with Crippen molar-refractivity contribution >= 4 is 29.1 Å². The number of aryl methyl sites for hydroxylation is 2. The highest BCUT2D eigenvalue weighted by atomic mass is 16.5. The first-order chi connectivity index (χ1) is 16.7. The van der Waals surface area contributed by atoms with Crippen LogP contribution in [0.5, 0.6) is 5.75 Å². The van der Waals surface area contributed by atoms with Gasteiger partial charge in [-0.3, -0.25) is 19.1 Å². The minimum absolute atomic E-state index is 0.0884. The van der Waals surface area contributed by atoms with Crippen LogP contribution >= 0.6 is 0 Å². The minimum atomic E-state index is -0.354. The molecule has 3 atom stereocenters. The number of hydrogen-bond donors (Lipinski definition) is 2. The first-order valence-electron chi connectivity index (χ1n) is 12.0. The lowest BCUT2D eigenvalue weighted by atomic mass is 9.94. The van der Waals surface area contributed by atoms with Gasteiger partial charge in [0.2, 0.25) is 11.8 Å². The zero-order valence-electron chi connectivity index (χ0n) is 20.7. The molecular formula is C25H33N5O5. The van der Waals surface area contributed by atoms with Crippen molar-refractivity contribution in [3.05, 3.63) is 35.7 Å². The summed E-state index contributed by atoms with van der Waals surface area (Å²) in [4.78, 5) is 39.6. The Labute approximate surface area is 204 Å². The molecule has 10 heteroatoms. The Balaban J connectivity index is 1.42. The van der Waals surface area contributed by atoms with Crippen molar-refractivity contribution < 1.29 is 23.9 Å². The monoisotopic (exact) mass is 483 g/mol. The Kier molecular flexibility index (Phi) is 7.39. The highest BCUT2D eigenvalue weighted by Crippen LogP contribution is 2.32. The van der Waals surface area contributed by atoms with E-state index in [-0.39, 0.29) is 49.0 Å². The van der Waals surface area contributed by atoms with Crippen LogP contribution in [0, 0.1) is 6.92 Å². The smallest absolute Gasteiger partial charge is 0.257 e. The SMILES string of the molecule is CCCC(=O)Nc1ccc2c(c1)C(=O)N(C)[C@@H]1CC[C@@H](CC(=O)Nc3cn(C)nc3C)O[C@@H]1CO2. The summed E-state index contributed by atoms with van der Waals surface area (Å²) in [6, 6.07) is 4.93. The van der Waals surface area contributed by atoms with Gasteiger partial charge in [0.25, 0.3) is 5.91 Å². The molecule has 2 N–H and O–H groups in total. The minimum Gasteiger partial charge on any atom is -0.490 e. The largest absolute Gasteiger partial charge is 0.490 e. The van der Waals surface area contributed by atoms with Crippen molar-refractivity contribution in [3.8, 4) is 5.75 Å². The second-order valence-corrected chi connectivity index (χ2v) is 9.23. The van der Waals surface area contributed by atoms with Crippen molar-refractivity contribution in [2.24, 2.45) is 7.05 Å². The second-order valence-electron chi connectivity index (χ2n) is 9.23. The molecule has 35 heavy (non-hydrogen) atoms. The molecule has 4 rings (SSSR count). The summed E-state index contributed by atoms with van der Waals surface area (Å²) >= 11 is 0. The molecule has 1 aromatic heterocycles. The molecule has 2 aliphatic rings. The van der Waals surface area contributed by atoms with Gasteiger partial charge in [0.05, 0.1) is 35.5 Å². The number of hydrogen-bond acceptors (Lipinski definition) is 6.